The van der Waals surface area contributed by atoms with Gasteiger partial charge in [0.25, 0.3) is 0 Å². The summed E-state index contributed by atoms with van der Waals surface area (Å²) in [7, 11) is 0. The van der Waals surface area contributed by atoms with Crippen LogP contribution in [0.15, 0.2) is 146 Å². The van der Waals surface area contributed by atoms with Gasteiger partial charge in [-0.3, -0.25) is 0 Å². The average molecular weight is 594 g/mol. The molecule has 189 valence electrons. The topological polar surface area (TPSA) is 0 Å². The maximum atomic E-state index is 3.86. The molecule has 0 fully saturated rings. The Balaban J connectivity index is 0.00000276. The van der Waals surface area contributed by atoms with Crippen LogP contribution in [0.25, 0.3) is 76.5 Å². The molecule has 0 spiro atoms. The fourth-order valence-corrected chi connectivity index (χ4v) is 6.20. The second-order valence-corrected chi connectivity index (χ2v) is 10.3. The van der Waals surface area contributed by atoms with Gasteiger partial charge in [-0.15, -0.1) is 11.6 Å². The van der Waals surface area contributed by atoms with Crippen LogP contribution in [0.5, 0.6) is 0 Å². The molecule has 0 aliphatic heterocycles. The predicted octanol–water partition coefficient (Wildman–Crippen LogP) is 10.9. The zero-order chi connectivity index (χ0) is 26.5. The molecule has 41 heavy (non-hydrogen) atoms. The molecule has 1 radical (unpaired) electrons. The van der Waals surface area contributed by atoms with Gasteiger partial charge in [-0.25, -0.2) is 5.56 Å². The maximum absolute atomic E-state index is 3.86. The SMILES string of the molecule is [Y].[c-]1ccccc1-c1[c-]c(-c2c3ccccc3c(-c3ccc4ccccc4c3)c3ccccc23)c2ccccc2c1. The van der Waals surface area contributed by atoms with E-state index in [2.05, 4.69) is 146 Å². The van der Waals surface area contributed by atoms with Crippen LogP contribution in [0.3, 0.4) is 0 Å². The number of hydrogen-bond donors (Lipinski definition) is 0. The molecule has 8 aromatic rings. The van der Waals surface area contributed by atoms with Gasteiger partial charge in [0.15, 0.2) is 0 Å². The van der Waals surface area contributed by atoms with E-state index >= 15 is 0 Å². The van der Waals surface area contributed by atoms with Crippen molar-refractivity contribution in [2.45, 2.75) is 0 Å². The minimum atomic E-state index is 0. The Morgan fingerprint density at radius 3 is 1.61 bits per heavy atom. The molecule has 0 aliphatic rings. The Morgan fingerprint density at radius 2 is 0.951 bits per heavy atom. The van der Waals surface area contributed by atoms with E-state index in [1.165, 1.54) is 59.8 Å². The Labute approximate surface area is 265 Å². The van der Waals surface area contributed by atoms with Gasteiger partial charge in [-0.1, -0.05) is 126 Å². The van der Waals surface area contributed by atoms with E-state index < -0.39 is 0 Å². The van der Waals surface area contributed by atoms with Gasteiger partial charge in [0.2, 0.25) is 0 Å². The zero-order valence-corrected chi connectivity index (χ0v) is 25.3. The van der Waals surface area contributed by atoms with Gasteiger partial charge in [0.05, 0.1) is 0 Å². The Bertz CT molecular complexity index is 2150. The van der Waals surface area contributed by atoms with Crippen molar-refractivity contribution in [2.24, 2.45) is 0 Å². The Hall–Kier alpha value is -4.10. The summed E-state index contributed by atoms with van der Waals surface area (Å²) >= 11 is 0. The first-order chi connectivity index (χ1) is 19.8. The Morgan fingerprint density at radius 1 is 0.390 bits per heavy atom. The Kier molecular flexibility index (Phi) is 6.75. The second-order valence-electron chi connectivity index (χ2n) is 10.3. The van der Waals surface area contributed by atoms with Crippen LogP contribution in [-0.4, -0.2) is 0 Å². The minimum Gasteiger partial charge on any atom is -0.209 e. The van der Waals surface area contributed by atoms with Crippen molar-refractivity contribution in [1.29, 1.82) is 0 Å². The molecule has 0 bridgehead atoms. The van der Waals surface area contributed by atoms with Crippen molar-refractivity contribution in [1.82, 2.24) is 0 Å². The van der Waals surface area contributed by atoms with Crippen molar-refractivity contribution in [2.75, 3.05) is 0 Å². The molecule has 0 unspecified atom stereocenters. The van der Waals surface area contributed by atoms with E-state index in [1.807, 2.05) is 12.1 Å². The molecule has 8 rings (SSSR count). The largest absolute Gasteiger partial charge is 0.209 e. The van der Waals surface area contributed by atoms with Crippen LogP contribution in [0.1, 0.15) is 0 Å². The fourth-order valence-electron chi connectivity index (χ4n) is 6.20. The smallest absolute Gasteiger partial charge is 0 e. The molecule has 0 aromatic heterocycles. The molecule has 0 atom stereocenters. The van der Waals surface area contributed by atoms with E-state index in [0.29, 0.717) is 0 Å². The maximum Gasteiger partial charge on any atom is 0 e. The summed E-state index contributed by atoms with van der Waals surface area (Å²) in [5.74, 6) is 0. The van der Waals surface area contributed by atoms with Crippen LogP contribution in [-0.2, 0) is 32.7 Å². The van der Waals surface area contributed by atoms with Gasteiger partial charge in [0, 0.05) is 32.7 Å². The number of hydrogen-bond acceptors (Lipinski definition) is 0. The standard InChI is InChI=1S/C40H24.Y/c1-2-12-27(13-3-1)32-25-30-16-6-7-17-33(30)38(26-32)40-36-20-10-8-18-34(36)39(35-19-9-11-21-37(35)40)31-23-22-28-14-4-5-15-29(28)24-31;/h1-12,14-25H;/q-2;. The van der Waals surface area contributed by atoms with E-state index in [4.69, 9.17) is 0 Å². The van der Waals surface area contributed by atoms with Gasteiger partial charge in [-0.2, -0.15) is 42.0 Å². The van der Waals surface area contributed by atoms with E-state index in [1.54, 1.807) is 0 Å². The molecule has 1 heteroatoms. The summed E-state index contributed by atoms with van der Waals surface area (Å²) < 4.78 is 0. The molecule has 0 N–H and O–H groups in total. The summed E-state index contributed by atoms with van der Waals surface area (Å²) in [6, 6.07) is 59.5. The molecule has 8 aromatic carbocycles. The number of fused-ring (bicyclic) bond motifs is 4. The van der Waals surface area contributed by atoms with E-state index in [0.717, 1.165) is 16.7 Å². The van der Waals surface area contributed by atoms with Crippen LogP contribution in [0.4, 0.5) is 0 Å². The van der Waals surface area contributed by atoms with Crippen molar-refractivity contribution in [3.63, 3.8) is 0 Å². The van der Waals surface area contributed by atoms with Crippen LogP contribution in [0, 0.1) is 12.1 Å². The number of benzene rings is 8. The molecule has 0 amide bonds. The summed E-state index contributed by atoms with van der Waals surface area (Å²) in [5, 5.41) is 9.89. The quantitative estimate of drug-likeness (QED) is 0.141. The van der Waals surface area contributed by atoms with Crippen molar-refractivity contribution < 1.29 is 32.7 Å². The third kappa shape index (κ3) is 4.39. The summed E-state index contributed by atoms with van der Waals surface area (Å²) in [6.07, 6.45) is 0. The van der Waals surface area contributed by atoms with Gasteiger partial charge in [0.1, 0.15) is 0 Å². The van der Waals surface area contributed by atoms with Gasteiger partial charge >= 0.3 is 0 Å². The van der Waals surface area contributed by atoms with Crippen molar-refractivity contribution in [3.8, 4) is 33.4 Å². The first-order valence-electron chi connectivity index (χ1n) is 13.7. The molecular weight excluding hydrogens is 569 g/mol. The molecule has 0 saturated heterocycles. The first-order valence-corrected chi connectivity index (χ1v) is 13.7. The fraction of sp³-hybridized carbons (Fsp3) is 0. The van der Waals surface area contributed by atoms with E-state index in [-0.39, 0.29) is 32.7 Å². The van der Waals surface area contributed by atoms with Gasteiger partial charge in [-0.05, 0) is 49.5 Å². The predicted molar refractivity (Wildman–Crippen MR) is 170 cm³/mol. The van der Waals surface area contributed by atoms with Crippen LogP contribution in [0.2, 0.25) is 0 Å². The van der Waals surface area contributed by atoms with Gasteiger partial charge < -0.3 is 0 Å². The van der Waals surface area contributed by atoms with Crippen molar-refractivity contribution >= 4 is 43.1 Å². The number of rotatable bonds is 3. The molecular formula is C40H24Y-2. The van der Waals surface area contributed by atoms with E-state index in [9.17, 15) is 0 Å². The van der Waals surface area contributed by atoms with Crippen LogP contribution >= 0.6 is 0 Å². The van der Waals surface area contributed by atoms with Crippen LogP contribution < -0.4 is 0 Å². The normalized spacial score (nSPS) is 11.2. The molecule has 0 aliphatic carbocycles. The summed E-state index contributed by atoms with van der Waals surface area (Å²) in [6.45, 7) is 0. The molecule has 0 nitrogen and oxygen atoms in total. The third-order valence-electron chi connectivity index (χ3n) is 8.01. The average Bonchev–Trinajstić information content (AvgIpc) is 3.03. The van der Waals surface area contributed by atoms with Crippen molar-refractivity contribution in [3.05, 3.63) is 158 Å². The molecule has 0 heterocycles. The molecule has 0 saturated carbocycles. The third-order valence-corrected chi connectivity index (χ3v) is 8.01. The summed E-state index contributed by atoms with van der Waals surface area (Å²) in [5.41, 5.74) is 6.97. The first kappa shape index (κ1) is 25.8. The second kappa shape index (κ2) is 10.7. The zero-order valence-electron chi connectivity index (χ0n) is 22.4. The minimum absolute atomic E-state index is 0. The summed E-state index contributed by atoms with van der Waals surface area (Å²) in [4.78, 5) is 0. The monoisotopic (exact) mass is 593 g/mol.